The minimum atomic E-state index is -0.897. The number of rotatable bonds is 4. The third-order valence-corrected chi connectivity index (χ3v) is 4.39. The molecule has 0 atom stereocenters. The predicted octanol–water partition coefficient (Wildman–Crippen LogP) is 1.39. The lowest BCUT2D eigenvalue weighted by Crippen LogP contribution is -2.44. The van der Waals surface area contributed by atoms with Crippen molar-refractivity contribution in [3.05, 3.63) is 29.3 Å². The monoisotopic (exact) mass is 331 g/mol. The molecule has 24 heavy (non-hydrogen) atoms. The molecule has 3 N–H and O–H groups in total. The van der Waals surface area contributed by atoms with Gasteiger partial charge in [-0.3, -0.25) is 19.7 Å². The zero-order valence-electron chi connectivity index (χ0n) is 14.3. The van der Waals surface area contributed by atoms with Gasteiger partial charge in [0.15, 0.2) is 0 Å². The Balaban J connectivity index is 2.01. The molecule has 0 saturated carbocycles. The summed E-state index contributed by atoms with van der Waals surface area (Å²) >= 11 is 0. The van der Waals surface area contributed by atoms with Gasteiger partial charge in [-0.1, -0.05) is 32.0 Å². The number of carbonyl (C=O) groups is 3. The first-order valence-corrected chi connectivity index (χ1v) is 8.54. The number of aryl methyl sites for hydroxylation is 2. The smallest absolute Gasteiger partial charge is 0.316 e. The number of hydrogen-bond acceptors (Lipinski definition) is 4. The molecule has 0 radical (unpaired) electrons. The molecule has 1 heterocycles. The van der Waals surface area contributed by atoms with Crippen LogP contribution < -0.4 is 16.0 Å². The predicted molar refractivity (Wildman–Crippen MR) is 92.6 cm³/mol. The van der Waals surface area contributed by atoms with Crippen LogP contribution in [0.5, 0.6) is 0 Å². The molecule has 130 valence electrons. The summed E-state index contributed by atoms with van der Waals surface area (Å²) in [6.07, 6.45) is 2.86. The van der Waals surface area contributed by atoms with Crippen LogP contribution in [0.2, 0.25) is 0 Å². The summed E-state index contributed by atoms with van der Waals surface area (Å²) in [5.74, 6) is -2.27. The van der Waals surface area contributed by atoms with Crippen LogP contribution in [0, 0.1) is 5.92 Å². The van der Waals surface area contributed by atoms with E-state index in [-0.39, 0.29) is 11.8 Å². The number of hydrogen-bond donors (Lipinski definition) is 3. The maximum absolute atomic E-state index is 12.2. The number of anilines is 1. The van der Waals surface area contributed by atoms with Crippen molar-refractivity contribution in [2.24, 2.45) is 5.92 Å². The molecular weight excluding hydrogens is 306 g/mol. The van der Waals surface area contributed by atoms with Crippen LogP contribution in [0.1, 0.15) is 37.8 Å². The van der Waals surface area contributed by atoms with Gasteiger partial charge in [0.1, 0.15) is 0 Å². The molecule has 3 amide bonds. The summed E-state index contributed by atoms with van der Waals surface area (Å²) in [6.45, 7) is 5.49. The minimum Gasteiger partial charge on any atom is -0.317 e. The molecule has 1 aliphatic rings. The average Bonchev–Trinajstić information content (AvgIpc) is 2.62. The second-order valence-electron chi connectivity index (χ2n) is 5.96. The maximum atomic E-state index is 12.2. The summed E-state index contributed by atoms with van der Waals surface area (Å²) in [7, 11) is 0. The van der Waals surface area contributed by atoms with Gasteiger partial charge in [0, 0.05) is 11.6 Å². The van der Waals surface area contributed by atoms with Gasteiger partial charge in [-0.2, -0.15) is 0 Å². The van der Waals surface area contributed by atoms with E-state index >= 15 is 0 Å². The minimum absolute atomic E-state index is 0.211. The Morgan fingerprint density at radius 1 is 1.04 bits per heavy atom. The largest absolute Gasteiger partial charge is 0.317 e. The van der Waals surface area contributed by atoms with Crippen molar-refractivity contribution in [3.8, 4) is 0 Å². The summed E-state index contributed by atoms with van der Waals surface area (Å²) < 4.78 is 0. The van der Waals surface area contributed by atoms with E-state index in [0.717, 1.165) is 37.1 Å². The number of para-hydroxylation sites is 1. The summed E-state index contributed by atoms with van der Waals surface area (Å²) in [4.78, 5) is 36.3. The standard InChI is InChI=1S/C18H25N3O3/c1-3-12-6-5-7-13(4-2)15(12)20-17(23)18(24)21-16(22)14-8-10-19-11-9-14/h5-7,14,19H,3-4,8-11H2,1-2H3,(H,20,23)(H,21,22,24). The molecule has 1 fully saturated rings. The van der Waals surface area contributed by atoms with E-state index in [1.165, 1.54) is 0 Å². The summed E-state index contributed by atoms with van der Waals surface area (Å²) in [5, 5.41) is 8.06. The Labute approximate surface area is 142 Å². The van der Waals surface area contributed by atoms with Gasteiger partial charge < -0.3 is 10.6 Å². The van der Waals surface area contributed by atoms with Crippen LogP contribution in [-0.4, -0.2) is 30.8 Å². The lowest BCUT2D eigenvalue weighted by molar-refractivity contribution is -0.141. The molecule has 0 spiro atoms. The fourth-order valence-electron chi connectivity index (χ4n) is 2.93. The number of benzene rings is 1. The number of carbonyl (C=O) groups excluding carboxylic acids is 3. The highest BCUT2D eigenvalue weighted by molar-refractivity contribution is 6.42. The van der Waals surface area contributed by atoms with Crippen LogP contribution >= 0.6 is 0 Å². The zero-order valence-corrected chi connectivity index (χ0v) is 14.3. The van der Waals surface area contributed by atoms with Crippen LogP contribution in [-0.2, 0) is 27.2 Å². The Morgan fingerprint density at radius 2 is 1.62 bits per heavy atom. The highest BCUT2D eigenvalue weighted by Crippen LogP contribution is 2.22. The highest BCUT2D eigenvalue weighted by Gasteiger charge is 2.25. The van der Waals surface area contributed by atoms with Crippen molar-refractivity contribution >= 4 is 23.4 Å². The fraction of sp³-hybridized carbons (Fsp3) is 0.500. The molecule has 1 saturated heterocycles. The average molecular weight is 331 g/mol. The number of nitrogens with one attached hydrogen (secondary N) is 3. The first kappa shape index (κ1) is 18.1. The molecule has 6 nitrogen and oxygen atoms in total. The molecule has 1 aliphatic heterocycles. The van der Waals surface area contributed by atoms with E-state index in [1.807, 2.05) is 32.0 Å². The van der Waals surface area contributed by atoms with E-state index in [0.29, 0.717) is 18.5 Å². The molecule has 0 aromatic heterocycles. The van der Waals surface area contributed by atoms with Crippen molar-refractivity contribution in [1.82, 2.24) is 10.6 Å². The van der Waals surface area contributed by atoms with Gasteiger partial charge in [0.2, 0.25) is 5.91 Å². The van der Waals surface area contributed by atoms with E-state index in [9.17, 15) is 14.4 Å². The van der Waals surface area contributed by atoms with Gasteiger partial charge in [-0.05, 0) is 49.9 Å². The Bertz CT molecular complexity index is 600. The third kappa shape index (κ3) is 4.41. The van der Waals surface area contributed by atoms with Gasteiger partial charge >= 0.3 is 11.8 Å². The number of imide groups is 1. The zero-order chi connectivity index (χ0) is 17.5. The van der Waals surface area contributed by atoms with Crippen molar-refractivity contribution in [3.63, 3.8) is 0 Å². The van der Waals surface area contributed by atoms with Crippen molar-refractivity contribution in [1.29, 1.82) is 0 Å². The quantitative estimate of drug-likeness (QED) is 0.728. The van der Waals surface area contributed by atoms with E-state index in [2.05, 4.69) is 16.0 Å². The van der Waals surface area contributed by atoms with Gasteiger partial charge in [-0.15, -0.1) is 0 Å². The first-order valence-electron chi connectivity index (χ1n) is 8.54. The van der Waals surface area contributed by atoms with Gasteiger partial charge in [0.25, 0.3) is 0 Å². The first-order chi connectivity index (χ1) is 11.6. The molecule has 2 rings (SSSR count). The van der Waals surface area contributed by atoms with Crippen LogP contribution in [0.25, 0.3) is 0 Å². The van der Waals surface area contributed by atoms with Crippen molar-refractivity contribution in [2.75, 3.05) is 18.4 Å². The fourth-order valence-corrected chi connectivity index (χ4v) is 2.93. The SMILES string of the molecule is CCc1cccc(CC)c1NC(=O)C(=O)NC(=O)C1CCNCC1. The molecule has 0 bridgehead atoms. The lowest BCUT2D eigenvalue weighted by Gasteiger charge is -2.21. The van der Waals surface area contributed by atoms with Crippen molar-refractivity contribution in [2.45, 2.75) is 39.5 Å². The van der Waals surface area contributed by atoms with Crippen molar-refractivity contribution < 1.29 is 14.4 Å². The molecule has 0 aliphatic carbocycles. The molecule has 1 aromatic rings. The van der Waals surface area contributed by atoms with E-state index in [1.54, 1.807) is 0 Å². The Hall–Kier alpha value is -2.21. The molecule has 6 heteroatoms. The maximum Gasteiger partial charge on any atom is 0.316 e. The number of amides is 3. The van der Waals surface area contributed by atoms with Crippen LogP contribution in [0.15, 0.2) is 18.2 Å². The van der Waals surface area contributed by atoms with E-state index in [4.69, 9.17) is 0 Å². The van der Waals surface area contributed by atoms with Crippen LogP contribution in [0.3, 0.4) is 0 Å². The molecule has 1 aromatic carbocycles. The lowest BCUT2D eigenvalue weighted by atomic mass is 9.97. The molecular formula is C18H25N3O3. The normalized spacial score (nSPS) is 14.9. The topological polar surface area (TPSA) is 87.3 Å². The Morgan fingerprint density at radius 3 is 2.17 bits per heavy atom. The number of piperidine rings is 1. The second-order valence-corrected chi connectivity index (χ2v) is 5.96. The Kier molecular flexibility index (Phi) is 6.49. The van der Waals surface area contributed by atoms with Gasteiger partial charge in [0.05, 0.1) is 0 Å². The van der Waals surface area contributed by atoms with Crippen LogP contribution in [0.4, 0.5) is 5.69 Å². The summed E-state index contributed by atoms with van der Waals surface area (Å²) in [6, 6.07) is 5.79. The van der Waals surface area contributed by atoms with E-state index < -0.39 is 11.8 Å². The highest BCUT2D eigenvalue weighted by atomic mass is 16.2. The molecule has 0 unspecified atom stereocenters. The second kappa shape index (κ2) is 8.59. The third-order valence-electron chi connectivity index (χ3n) is 4.39. The van der Waals surface area contributed by atoms with Gasteiger partial charge in [-0.25, -0.2) is 0 Å². The summed E-state index contributed by atoms with van der Waals surface area (Å²) in [5.41, 5.74) is 2.62.